The number of carbonyl (C=O) groups excluding carboxylic acids is 2. The highest BCUT2D eigenvalue weighted by atomic mass is 19.4. The number of alkyl halides is 3. The maximum absolute atomic E-state index is 13.6. The van der Waals surface area contributed by atoms with Gasteiger partial charge in [0.1, 0.15) is 11.9 Å². The van der Waals surface area contributed by atoms with Crippen LogP contribution in [0.3, 0.4) is 0 Å². The largest absolute Gasteiger partial charge is 0.511 e. The number of hydrogen-bond acceptors (Lipinski definition) is 9. The highest BCUT2D eigenvalue weighted by Gasteiger charge is 2.49. The predicted octanol–water partition coefficient (Wildman–Crippen LogP) is 4.04. The zero-order chi connectivity index (χ0) is 24.9. The summed E-state index contributed by atoms with van der Waals surface area (Å²) in [7, 11) is 0. The van der Waals surface area contributed by atoms with Crippen LogP contribution in [0.1, 0.15) is 37.0 Å². The highest BCUT2D eigenvalue weighted by molar-refractivity contribution is 5.96. The van der Waals surface area contributed by atoms with Crippen LogP contribution >= 0.6 is 0 Å². The number of halogens is 3. The lowest BCUT2D eigenvalue weighted by atomic mass is 9.97. The van der Waals surface area contributed by atoms with Gasteiger partial charge in [0.15, 0.2) is 0 Å². The van der Waals surface area contributed by atoms with Crippen molar-refractivity contribution in [2.45, 2.75) is 58.8 Å². The standard InChI is InChI=1S/C20H22F3NO9/c1-10-7-11(2)16-14(8-10)9-15(17(33-16)20(21,22)23)18(25)31-13(4)32-19(26)30-12(3)5-6-29-24(27)28/h7-9,12-13,17H,5-6H2,1-4H3. The van der Waals surface area contributed by atoms with Crippen molar-refractivity contribution in [1.82, 2.24) is 0 Å². The second-order valence-corrected chi connectivity index (χ2v) is 7.25. The Balaban J connectivity index is 2.06. The first-order valence-electron chi connectivity index (χ1n) is 9.69. The van der Waals surface area contributed by atoms with E-state index in [1.54, 1.807) is 26.0 Å². The molecule has 1 aliphatic heterocycles. The first-order valence-corrected chi connectivity index (χ1v) is 9.69. The van der Waals surface area contributed by atoms with Gasteiger partial charge in [-0.15, -0.1) is 10.1 Å². The van der Waals surface area contributed by atoms with Crippen molar-refractivity contribution < 1.29 is 51.6 Å². The molecule has 33 heavy (non-hydrogen) atoms. The summed E-state index contributed by atoms with van der Waals surface area (Å²) in [5, 5.41) is 9.08. The van der Waals surface area contributed by atoms with Crippen LogP contribution < -0.4 is 4.74 Å². The number of ether oxygens (including phenoxy) is 4. The van der Waals surface area contributed by atoms with E-state index in [2.05, 4.69) is 4.84 Å². The van der Waals surface area contributed by atoms with Crippen molar-refractivity contribution >= 4 is 18.2 Å². The van der Waals surface area contributed by atoms with Gasteiger partial charge in [-0.2, -0.15) is 13.2 Å². The lowest BCUT2D eigenvalue weighted by Gasteiger charge is -2.29. The van der Waals surface area contributed by atoms with E-state index in [1.165, 1.54) is 6.92 Å². The van der Waals surface area contributed by atoms with Gasteiger partial charge in [-0.3, -0.25) is 0 Å². The molecule has 182 valence electrons. The maximum atomic E-state index is 13.6. The van der Waals surface area contributed by atoms with Crippen molar-refractivity contribution in [3.63, 3.8) is 0 Å². The number of esters is 1. The minimum Gasteiger partial charge on any atom is -0.475 e. The Kier molecular flexibility index (Phi) is 8.12. The molecule has 0 saturated heterocycles. The van der Waals surface area contributed by atoms with Crippen LogP contribution in [0, 0.1) is 24.0 Å². The van der Waals surface area contributed by atoms with Gasteiger partial charge < -0.3 is 23.8 Å². The first kappa shape index (κ1) is 25.7. The second-order valence-electron chi connectivity index (χ2n) is 7.25. The van der Waals surface area contributed by atoms with Crippen molar-refractivity contribution in [1.29, 1.82) is 0 Å². The van der Waals surface area contributed by atoms with Crippen molar-refractivity contribution in [2.24, 2.45) is 0 Å². The van der Waals surface area contributed by atoms with E-state index in [9.17, 15) is 32.9 Å². The third kappa shape index (κ3) is 7.26. The molecule has 0 radical (unpaired) electrons. The summed E-state index contributed by atoms with van der Waals surface area (Å²) in [6, 6.07) is 3.21. The fourth-order valence-electron chi connectivity index (χ4n) is 3.01. The van der Waals surface area contributed by atoms with E-state index in [1.807, 2.05) is 0 Å². The smallest absolute Gasteiger partial charge is 0.475 e. The molecule has 13 heteroatoms. The molecule has 3 unspecified atom stereocenters. The molecule has 0 saturated carbocycles. The Hall–Kier alpha value is -3.51. The number of rotatable bonds is 8. The van der Waals surface area contributed by atoms with Gasteiger partial charge in [0, 0.05) is 18.9 Å². The zero-order valence-corrected chi connectivity index (χ0v) is 18.1. The molecule has 0 aromatic heterocycles. The number of carbonyl (C=O) groups is 2. The quantitative estimate of drug-likeness (QED) is 0.236. The Morgan fingerprint density at radius 1 is 1.18 bits per heavy atom. The molecule has 3 atom stereocenters. The van der Waals surface area contributed by atoms with E-state index in [0.717, 1.165) is 18.6 Å². The number of benzene rings is 1. The molecule has 0 aliphatic carbocycles. The van der Waals surface area contributed by atoms with Crippen LogP contribution in [0.5, 0.6) is 5.75 Å². The van der Waals surface area contributed by atoms with Gasteiger partial charge in [-0.25, -0.2) is 9.59 Å². The summed E-state index contributed by atoms with van der Waals surface area (Å²) in [4.78, 5) is 38.4. The van der Waals surface area contributed by atoms with Gasteiger partial charge in [0.05, 0.1) is 12.2 Å². The molecule has 1 aliphatic rings. The summed E-state index contributed by atoms with van der Waals surface area (Å²) in [6.45, 7) is 5.50. The maximum Gasteiger partial charge on any atom is 0.511 e. The molecule has 0 fully saturated rings. The van der Waals surface area contributed by atoms with E-state index in [4.69, 9.17) is 18.9 Å². The molecule has 10 nitrogen and oxygen atoms in total. The lowest BCUT2D eigenvalue weighted by Crippen LogP contribution is -2.41. The third-order valence-corrected chi connectivity index (χ3v) is 4.36. The van der Waals surface area contributed by atoms with Crippen molar-refractivity contribution in [3.05, 3.63) is 44.5 Å². The van der Waals surface area contributed by atoms with Crippen molar-refractivity contribution in [2.75, 3.05) is 6.61 Å². The summed E-state index contributed by atoms with van der Waals surface area (Å²) in [5.74, 6) is -1.39. The van der Waals surface area contributed by atoms with Crippen molar-refractivity contribution in [3.8, 4) is 5.75 Å². The minimum absolute atomic E-state index is 0.00222. The van der Waals surface area contributed by atoms with Gasteiger partial charge >= 0.3 is 18.3 Å². The molecule has 0 bridgehead atoms. The van der Waals surface area contributed by atoms with Gasteiger partial charge in [-0.1, -0.05) is 11.6 Å². The van der Waals surface area contributed by atoms with Crippen LogP contribution in [0.2, 0.25) is 0 Å². The van der Waals surface area contributed by atoms with E-state index >= 15 is 0 Å². The summed E-state index contributed by atoms with van der Waals surface area (Å²) < 4.78 is 60.1. The summed E-state index contributed by atoms with van der Waals surface area (Å²) in [6.07, 6.45) is -10.2. The normalized spacial score (nSPS) is 16.9. The van der Waals surface area contributed by atoms with Gasteiger partial charge in [0.2, 0.25) is 12.4 Å². The fraction of sp³-hybridized carbons (Fsp3) is 0.500. The SMILES string of the molecule is Cc1cc(C)c2c(c1)C=C(C(=O)OC(C)OC(=O)OC(C)CCO[N+](=O)[O-])C(C(F)(F)F)O2. The average molecular weight is 477 g/mol. The van der Waals surface area contributed by atoms with Gasteiger partial charge in [-0.05, 0) is 38.5 Å². The van der Waals surface area contributed by atoms with Crippen LogP contribution in [0.4, 0.5) is 18.0 Å². The van der Waals surface area contributed by atoms with E-state index < -0.39 is 47.5 Å². The molecule has 0 spiro atoms. The molecule has 0 amide bonds. The highest BCUT2D eigenvalue weighted by Crippen LogP contribution is 2.39. The Morgan fingerprint density at radius 2 is 1.85 bits per heavy atom. The number of aryl methyl sites for hydroxylation is 2. The van der Waals surface area contributed by atoms with Crippen LogP contribution in [-0.2, 0) is 23.8 Å². The second kappa shape index (κ2) is 10.4. The first-order chi connectivity index (χ1) is 15.3. The third-order valence-electron chi connectivity index (χ3n) is 4.36. The Bertz CT molecular complexity index is 945. The lowest BCUT2D eigenvalue weighted by molar-refractivity contribution is -0.758. The molecule has 1 aromatic rings. The fourth-order valence-corrected chi connectivity index (χ4v) is 3.01. The molecular formula is C20H22F3NO9. The minimum atomic E-state index is -4.91. The molecule has 0 N–H and O–H groups in total. The number of hydrogen-bond donors (Lipinski definition) is 0. The molecular weight excluding hydrogens is 455 g/mol. The molecule has 2 rings (SSSR count). The van der Waals surface area contributed by atoms with Crippen LogP contribution in [0.15, 0.2) is 17.7 Å². The predicted molar refractivity (Wildman–Crippen MR) is 105 cm³/mol. The van der Waals surface area contributed by atoms with E-state index in [0.29, 0.717) is 5.56 Å². The summed E-state index contributed by atoms with van der Waals surface area (Å²) >= 11 is 0. The average Bonchev–Trinajstić information content (AvgIpc) is 2.65. The molecule has 1 aromatic carbocycles. The topological polar surface area (TPSA) is 123 Å². The zero-order valence-electron chi connectivity index (χ0n) is 18.1. The van der Waals surface area contributed by atoms with Gasteiger partial charge in [0.25, 0.3) is 5.09 Å². The Morgan fingerprint density at radius 3 is 2.45 bits per heavy atom. The molecule has 1 heterocycles. The monoisotopic (exact) mass is 477 g/mol. The summed E-state index contributed by atoms with van der Waals surface area (Å²) in [5.41, 5.74) is 0.689. The number of nitrogens with zero attached hydrogens (tertiary/aromatic N) is 1. The number of fused-ring (bicyclic) bond motifs is 1. The van der Waals surface area contributed by atoms with E-state index in [-0.39, 0.29) is 24.3 Å². The van der Waals surface area contributed by atoms with Crippen LogP contribution in [-0.4, -0.2) is 48.5 Å². The Labute approximate surface area is 186 Å². The van der Waals surface area contributed by atoms with Crippen LogP contribution in [0.25, 0.3) is 6.08 Å².